The summed E-state index contributed by atoms with van der Waals surface area (Å²) < 4.78 is 54.5. The number of allylic oxidation sites excluding steroid dienone is 5. The van der Waals surface area contributed by atoms with Crippen LogP contribution in [-0.2, 0) is 19.9 Å². The molecule has 1 aromatic carbocycles. The lowest BCUT2D eigenvalue weighted by Gasteiger charge is -2.39. The van der Waals surface area contributed by atoms with E-state index in [1.165, 1.54) is 35.4 Å². The molecular formula is C30H39F3O3. The molecule has 198 valence electrons. The van der Waals surface area contributed by atoms with Gasteiger partial charge >= 0.3 is 12.1 Å². The first kappa shape index (κ1) is 28.2. The van der Waals surface area contributed by atoms with E-state index in [4.69, 9.17) is 9.47 Å². The minimum atomic E-state index is -5.00. The summed E-state index contributed by atoms with van der Waals surface area (Å²) in [6, 6.07) is 7.02. The average Bonchev–Trinajstić information content (AvgIpc) is 3.07. The highest BCUT2D eigenvalue weighted by molar-refractivity contribution is 5.83. The monoisotopic (exact) mass is 504 g/mol. The van der Waals surface area contributed by atoms with Crippen molar-refractivity contribution in [2.75, 3.05) is 7.11 Å². The van der Waals surface area contributed by atoms with E-state index in [1.54, 1.807) is 6.07 Å². The largest absolute Gasteiger partial charge is 0.459 e. The molecule has 0 bridgehead atoms. The van der Waals surface area contributed by atoms with Gasteiger partial charge in [-0.25, -0.2) is 4.79 Å². The molecular weight excluding hydrogens is 465 g/mol. The van der Waals surface area contributed by atoms with Gasteiger partial charge in [0.05, 0.1) is 0 Å². The zero-order chi connectivity index (χ0) is 26.7. The van der Waals surface area contributed by atoms with E-state index in [2.05, 4.69) is 39.5 Å². The second kappa shape index (κ2) is 11.0. The lowest BCUT2D eigenvalue weighted by molar-refractivity contribution is -0.279. The molecule has 3 nitrogen and oxygen atoms in total. The van der Waals surface area contributed by atoms with E-state index >= 15 is 0 Å². The lowest BCUT2D eigenvalue weighted by Crippen LogP contribution is -2.53. The third-order valence-electron chi connectivity index (χ3n) is 8.36. The molecule has 0 saturated heterocycles. The van der Waals surface area contributed by atoms with Gasteiger partial charge in [-0.1, -0.05) is 72.7 Å². The first-order valence-corrected chi connectivity index (χ1v) is 12.7. The van der Waals surface area contributed by atoms with Gasteiger partial charge in [-0.05, 0) is 71.1 Å². The zero-order valence-electron chi connectivity index (χ0n) is 22.1. The summed E-state index contributed by atoms with van der Waals surface area (Å²) in [5.74, 6) is -1.24. The van der Waals surface area contributed by atoms with Crippen molar-refractivity contribution >= 4 is 5.97 Å². The van der Waals surface area contributed by atoms with Crippen LogP contribution in [0.15, 0.2) is 65.8 Å². The van der Waals surface area contributed by atoms with Crippen molar-refractivity contribution in [2.45, 2.75) is 84.1 Å². The normalized spacial score (nSPS) is 32.1. The number of alkyl halides is 3. The number of hydrogen-bond acceptors (Lipinski definition) is 3. The number of halogens is 3. The highest BCUT2D eigenvalue weighted by Crippen LogP contribution is 2.56. The van der Waals surface area contributed by atoms with Crippen LogP contribution in [0.25, 0.3) is 0 Å². The molecule has 1 aromatic rings. The fraction of sp³-hybridized carbons (Fsp3) is 0.567. The van der Waals surface area contributed by atoms with Gasteiger partial charge in [0, 0.05) is 18.1 Å². The predicted molar refractivity (Wildman–Crippen MR) is 136 cm³/mol. The van der Waals surface area contributed by atoms with Gasteiger partial charge in [0.1, 0.15) is 6.10 Å². The Kier molecular flexibility index (Phi) is 8.59. The molecule has 5 atom stereocenters. The molecule has 2 aliphatic carbocycles. The summed E-state index contributed by atoms with van der Waals surface area (Å²) in [7, 11) is 0.909. The summed E-state index contributed by atoms with van der Waals surface area (Å²) >= 11 is 0. The van der Waals surface area contributed by atoms with Gasteiger partial charge in [-0.3, -0.25) is 0 Å². The number of rotatable bonds is 5. The van der Waals surface area contributed by atoms with Gasteiger partial charge in [-0.2, -0.15) is 13.2 Å². The second-order valence-corrected chi connectivity index (χ2v) is 10.8. The third kappa shape index (κ3) is 5.34. The van der Waals surface area contributed by atoms with Crippen molar-refractivity contribution < 1.29 is 27.4 Å². The number of benzene rings is 1. The quantitative estimate of drug-likeness (QED) is 0.300. The van der Waals surface area contributed by atoms with Gasteiger partial charge in [0.2, 0.25) is 0 Å². The Balaban J connectivity index is 2.05. The molecule has 0 heterocycles. The zero-order valence-corrected chi connectivity index (χ0v) is 22.1. The van der Waals surface area contributed by atoms with Crippen molar-refractivity contribution in [3.8, 4) is 0 Å². The smallest absolute Gasteiger partial charge is 0.432 e. The lowest BCUT2D eigenvalue weighted by atomic mass is 9.70. The van der Waals surface area contributed by atoms with Crippen LogP contribution in [0, 0.1) is 17.3 Å². The van der Waals surface area contributed by atoms with Gasteiger partial charge in [0.25, 0.3) is 5.60 Å². The molecule has 0 spiro atoms. The Morgan fingerprint density at radius 3 is 2.31 bits per heavy atom. The van der Waals surface area contributed by atoms with Crippen LogP contribution in [-0.4, -0.2) is 25.4 Å². The molecule has 0 aliphatic heterocycles. The van der Waals surface area contributed by atoms with Crippen LogP contribution in [0.2, 0.25) is 0 Å². The molecule has 0 amide bonds. The topological polar surface area (TPSA) is 35.5 Å². The molecule has 3 rings (SSSR count). The van der Waals surface area contributed by atoms with Crippen LogP contribution >= 0.6 is 0 Å². The Morgan fingerprint density at radius 1 is 1.08 bits per heavy atom. The minimum Gasteiger partial charge on any atom is -0.459 e. The van der Waals surface area contributed by atoms with Gasteiger partial charge < -0.3 is 9.47 Å². The maximum absolute atomic E-state index is 14.5. The van der Waals surface area contributed by atoms with Gasteiger partial charge in [-0.15, -0.1) is 0 Å². The summed E-state index contributed by atoms with van der Waals surface area (Å²) in [6.07, 6.45) is 3.49. The average molecular weight is 505 g/mol. The molecule has 1 saturated carbocycles. The molecule has 1 fully saturated rings. The molecule has 2 aliphatic rings. The van der Waals surface area contributed by atoms with Crippen molar-refractivity contribution in [3.05, 3.63) is 71.3 Å². The molecule has 0 unspecified atom stereocenters. The molecule has 0 aromatic heterocycles. The number of hydrogen-bond donors (Lipinski definition) is 0. The van der Waals surface area contributed by atoms with E-state index in [1.807, 2.05) is 6.92 Å². The number of ether oxygens (including phenoxy) is 2. The first-order chi connectivity index (χ1) is 16.9. The fourth-order valence-electron chi connectivity index (χ4n) is 6.03. The summed E-state index contributed by atoms with van der Waals surface area (Å²) in [6.45, 7) is 12.4. The van der Waals surface area contributed by atoms with Crippen LogP contribution in [0.4, 0.5) is 13.2 Å². The molecule has 36 heavy (non-hydrogen) atoms. The van der Waals surface area contributed by atoms with Crippen LogP contribution in [0.5, 0.6) is 0 Å². The van der Waals surface area contributed by atoms with E-state index in [9.17, 15) is 18.0 Å². The Bertz CT molecular complexity index is 1010. The van der Waals surface area contributed by atoms with Crippen molar-refractivity contribution in [1.82, 2.24) is 0 Å². The second-order valence-electron chi connectivity index (χ2n) is 10.8. The van der Waals surface area contributed by atoms with E-state index < -0.39 is 29.3 Å². The van der Waals surface area contributed by atoms with E-state index in [0.717, 1.165) is 38.4 Å². The maximum Gasteiger partial charge on any atom is 0.432 e. The molecule has 0 radical (unpaired) electrons. The minimum absolute atomic E-state index is 0.0506. The van der Waals surface area contributed by atoms with Gasteiger partial charge in [0.15, 0.2) is 0 Å². The van der Waals surface area contributed by atoms with E-state index in [-0.39, 0.29) is 17.4 Å². The summed E-state index contributed by atoms with van der Waals surface area (Å²) in [5.41, 5.74) is -0.505. The Hall–Kier alpha value is -2.34. The number of carbonyl (C=O) groups excluding carboxylic acids is 1. The first-order valence-electron chi connectivity index (χ1n) is 12.7. The van der Waals surface area contributed by atoms with Crippen molar-refractivity contribution in [2.24, 2.45) is 17.3 Å². The number of methoxy groups -OCH3 is 1. The summed E-state index contributed by atoms with van der Waals surface area (Å²) in [4.78, 5) is 13.5. The Labute approximate surface area is 213 Å². The SMILES string of the molecule is C=C(C)[C@H]1C[C@@H](OC(=O)[C@](OC)(c2ccccc2)C(F)(F)F)[C@]2(C)C/C=C(\C)CC/C=C(\C)CC[C@@H]12. The highest BCUT2D eigenvalue weighted by Gasteiger charge is 2.65. The number of fused-ring (bicyclic) bond motifs is 1. The summed E-state index contributed by atoms with van der Waals surface area (Å²) in [5, 5.41) is 0. The fourth-order valence-corrected chi connectivity index (χ4v) is 6.03. The van der Waals surface area contributed by atoms with E-state index in [0.29, 0.717) is 12.8 Å². The van der Waals surface area contributed by atoms with Crippen LogP contribution in [0.1, 0.15) is 71.8 Å². The maximum atomic E-state index is 14.5. The van der Waals surface area contributed by atoms with Crippen LogP contribution in [0.3, 0.4) is 0 Å². The standard InChI is InChI=1S/C30H39F3O3/c1-20(2)24-19-26(28(5)18-17-22(4)12-10-11-21(3)15-16-25(24)28)36-27(34)29(35-6,30(31,32)33)23-13-8-7-9-14-23/h7-9,11,13-14,17,24-26H,1,10,12,15-16,18-19H2,2-6H3/b21-11+,22-17+/t24-,25+,26-,28-,29-/m1/s1. The number of carbonyl (C=O) groups is 1. The Morgan fingerprint density at radius 2 is 1.72 bits per heavy atom. The molecule has 6 heteroatoms. The number of esters is 1. The van der Waals surface area contributed by atoms with Crippen molar-refractivity contribution in [3.63, 3.8) is 0 Å². The molecule has 0 N–H and O–H groups in total. The highest BCUT2D eigenvalue weighted by atomic mass is 19.4. The predicted octanol–water partition coefficient (Wildman–Crippen LogP) is 8.08. The third-order valence-corrected chi connectivity index (χ3v) is 8.36. The van der Waals surface area contributed by atoms with Crippen LogP contribution < -0.4 is 0 Å². The van der Waals surface area contributed by atoms with Crippen molar-refractivity contribution in [1.29, 1.82) is 0 Å².